The Bertz CT molecular complexity index is 999. The van der Waals surface area contributed by atoms with Crippen LogP contribution in [0.4, 0.5) is 5.69 Å². The molecule has 3 N–H and O–H groups in total. The lowest BCUT2D eigenvalue weighted by molar-refractivity contribution is 0.0526. The quantitative estimate of drug-likeness (QED) is 0.248. The van der Waals surface area contributed by atoms with E-state index in [1.54, 1.807) is 31.2 Å². The third kappa shape index (κ3) is 5.94. The van der Waals surface area contributed by atoms with E-state index >= 15 is 0 Å². The van der Waals surface area contributed by atoms with Gasteiger partial charge in [0.2, 0.25) is 0 Å². The Labute approximate surface area is 182 Å². The lowest BCUT2D eigenvalue weighted by Gasteiger charge is -2.13. The maximum atomic E-state index is 12.4. The number of hydrogen-bond acceptors (Lipinski definition) is 5. The molecule has 0 atom stereocenters. The van der Waals surface area contributed by atoms with Crippen LogP contribution in [-0.2, 0) is 14.8 Å². The normalized spacial score (nSPS) is 11.0. The van der Waals surface area contributed by atoms with Crippen molar-refractivity contribution in [2.24, 2.45) is 0 Å². The van der Waals surface area contributed by atoms with Crippen LogP contribution in [-0.4, -0.2) is 26.1 Å². The molecule has 2 aromatic rings. The first-order chi connectivity index (χ1) is 13.1. The minimum Gasteiger partial charge on any atom is -0.462 e. The zero-order valence-electron chi connectivity index (χ0n) is 14.3. The van der Waals surface area contributed by atoms with E-state index in [1.807, 2.05) is 0 Å². The first-order valence-electron chi connectivity index (χ1n) is 7.64. The van der Waals surface area contributed by atoms with Gasteiger partial charge in [0, 0.05) is 5.69 Å². The van der Waals surface area contributed by atoms with Crippen LogP contribution in [0, 0.1) is 0 Å². The number of ether oxygens (including phenoxy) is 1. The number of thiocarbonyl (C=S) groups is 1. The average molecular weight is 483 g/mol. The van der Waals surface area contributed by atoms with Gasteiger partial charge >= 0.3 is 5.97 Å². The molecule has 0 saturated heterocycles. The van der Waals surface area contributed by atoms with E-state index in [0.717, 1.165) is 6.07 Å². The van der Waals surface area contributed by atoms with Crippen molar-refractivity contribution in [1.82, 2.24) is 10.3 Å². The highest BCUT2D eigenvalue weighted by Gasteiger charge is 2.20. The first-order valence-corrected chi connectivity index (χ1v) is 10.7. The maximum Gasteiger partial charge on any atom is 0.338 e. The van der Waals surface area contributed by atoms with Crippen LogP contribution in [0.2, 0.25) is 15.1 Å². The van der Waals surface area contributed by atoms with Gasteiger partial charge in [0.1, 0.15) is 4.90 Å². The van der Waals surface area contributed by atoms with Crippen molar-refractivity contribution in [1.29, 1.82) is 0 Å². The van der Waals surface area contributed by atoms with E-state index in [0.29, 0.717) is 11.3 Å². The van der Waals surface area contributed by atoms with E-state index in [1.165, 1.54) is 6.07 Å². The second-order valence-electron chi connectivity index (χ2n) is 5.18. The molecule has 12 heteroatoms. The average Bonchev–Trinajstić information content (AvgIpc) is 2.64. The molecule has 0 bridgehead atoms. The number of nitrogens with one attached hydrogen (secondary N) is 3. The van der Waals surface area contributed by atoms with Gasteiger partial charge in [-0.2, -0.15) is 0 Å². The lowest BCUT2D eigenvalue weighted by atomic mass is 10.2. The van der Waals surface area contributed by atoms with Crippen LogP contribution in [0.15, 0.2) is 41.3 Å². The minimum absolute atomic E-state index is 0.0360. The fourth-order valence-corrected chi connectivity index (χ4v) is 4.03. The number of carbonyl (C=O) groups excluding carboxylic acids is 1. The molecule has 0 aliphatic carbocycles. The van der Waals surface area contributed by atoms with Crippen molar-refractivity contribution < 1.29 is 17.9 Å². The monoisotopic (exact) mass is 481 g/mol. The van der Waals surface area contributed by atoms with Gasteiger partial charge in [-0.25, -0.2) is 13.2 Å². The zero-order chi connectivity index (χ0) is 20.9. The third-order valence-electron chi connectivity index (χ3n) is 3.22. The Hall–Kier alpha value is -1.62. The smallest absolute Gasteiger partial charge is 0.338 e. The van der Waals surface area contributed by atoms with Gasteiger partial charge in [-0.05, 0) is 55.5 Å². The summed E-state index contributed by atoms with van der Waals surface area (Å²) in [4.78, 5) is 13.4. The van der Waals surface area contributed by atoms with E-state index in [9.17, 15) is 13.2 Å². The summed E-state index contributed by atoms with van der Waals surface area (Å²) in [6.07, 6.45) is 0. The molecule has 150 valence electrons. The highest BCUT2D eigenvalue weighted by Crippen LogP contribution is 2.31. The van der Waals surface area contributed by atoms with Gasteiger partial charge in [0.05, 0.1) is 27.2 Å². The molecule has 0 unspecified atom stereocenters. The van der Waals surface area contributed by atoms with Gasteiger partial charge in [-0.1, -0.05) is 34.8 Å². The summed E-state index contributed by atoms with van der Waals surface area (Å²) < 4.78 is 29.6. The second-order valence-corrected chi connectivity index (χ2v) is 8.46. The molecular weight excluding hydrogens is 469 g/mol. The van der Waals surface area contributed by atoms with E-state index in [-0.39, 0.29) is 31.7 Å². The van der Waals surface area contributed by atoms with Crippen LogP contribution in [0.1, 0.15) is 17.3 Å². The van der Waals surface area contributed by atoms with E-state index in [2.05, 4.69) is 15.6 Å². The number of halogens is 3. The van der Waals surface area contributed by atoms with Gasteiger partial charge in [0.15, 0.2) is 5.11 Å². The molecule has 0 aromatic heterocycles. The molecule has 0 heterocycles. The zero-order valence-corrected chi connectivity index (χ0v) is 18.2. The predicted molar refractivity (Wildman–Crippen MR) is 114 cm³/mol. The van der Waals surface area contributed by atoms with Crippen LogP contribution in [0.3, 0.4) is 0 Å². The van der Waals surface area contributed by atoms with Gasteiger partial charge in [0.25, 0.3) is 10.0 Å². The Kier molecular flexibility index (Phi) is 7.87. The lowest BCUT2D eigenvalue weighted by Crippen LogP contribution is -2.43. The summed E-state index contributed by atoms with van der Waals surface area (Å²) in [5.41, 5.74) is 3.25. The summed E-state index contributed by atoms with van der Waals surface area (Å²) in [6.45, 7) is 1.99. The van der Waals surface area contributed by atoms with Crippen molar-refractivity contribution in [2.75, 3.05) is 11.9 Å². The third-order valence-corrected chi connectivity index (χ3v) is 5.86. The number of anilines is 1. The number of rotatable bonds is 6. The van der Waals surface area contributed by atoms with Gasteiger partial charge < -0.3 is 10.1 Å². The highest BCUT2D eigenvalue weighted by molar-refractivity contribution is 7.89. The summed E-state index contributed by atoms with van der Waals surface area (Å²) in [5, 5.41) is 2.78. The van der Waals surface area contributed by atoms with E-state index in [4.69, 9.17) is 51.8 Å². The summed E-state index contributed by atoms with van der Waals surface area (Å²) in [7, 11) is -4.07. The Morgan fingerprint density at radius 2 is 1.68 bits per heavy atom. The molecule has 0 radical (unpaired) electrons. The van der Waals surface area contributed by atoms with Crippen LogP contribution in [0.5, 0.6) is 0 Å². The largest absolute Gasteiger partial charge is 0.462 e. The number of benzene rings is 2. The number of esters is 1. The van der Waals surface area contributed by atoms with Gasteiger partial charge in [-0.15, -0.1) is 4.83 Å². The molecule has 0 aliphatic rings. The number of carbonyl (C=O) groups is 1. The Morgan fingerprint density at radius 1 is 1.07 bits per heavy atom. The summed E-state index contributed by atoms with van der Waals surface area (Å²) in [6, 6.07) is 8.61. The Morgan fingerprint density at radius 3 is 2.29 bits per heavy atom. The van der Waals surface area contributed by atoms with Crippen LogP contribution in [0.25, 0.3) is 0 Å². The highest BCUT2D eigenvalue weighted by atomic mass is 35.5. The van der Waals surface area contributed by atoms with Crippen LogP contribution >= 0.6 is 47.0 Å². The summed E-state index contributed by atoms with van der Waals surface area (Å²) in [5.74, 6) is -0.444. The Balaban J connectivity index is 2.00. The molecule has 0 fully saturated rings. The molecule has 0 aliphatic heterocycles. The van der Waals surface area contributed by atoms with Crippen molar-refractivity contribution >= 4 is 73.8 Å². The fraction of sp³-hybridized carbons (Fsp3) is 0.125. The van der Waals surface area contributed by atoms with Crippen molar-refractivity contribution in [3.8, 4) is 0 Å². The molecule has 28 heavy (non-hydrogen) atoms. The molecular formula is C16H14Cl3N3O4S2. The molecule has 0 saturated carbocycles. The van der Waals surface area contributed by atoms with Gasteiger partial charge in [-0.3, -0.25) is 5.43 Å². The SMILES string of the molecule is CCOC(=O)c1ccc(NC(=S)NNS(=O)(=O)c2cc(Cl)c(Cl)cc2Cl)cc1. The molecule has 2 aromatic carbocycles. The van der Waals surface area contributed by atoms with E-state index < -0.39 is 16.0 Å². The summed E-state index contributed by atoms with van der Waals surface area (Å²) >= 11 is 22.6. The second kappa shape index (κ2) is 9.73. The molecule has 2 rings (SSSR count). The van der Waals surface area contributed by atoms with Crippen molar-refractivity contribution in [2.45, 2.75) is 11.8 Å². The molecule has 0 amide bonds. The number of hydrogen-bond donors (Lipinski definition) is 3. The topological polar surface area (TPSA) is 96.5 Å². The first kappa shape index (κ1) is 22.7. The standard InChI is InChI=1S/C16H14Cl3N3O4S2/c1-2-26-15(23)9-3-5-10(6-4-9)20-16(27)21-22-28(24,25)14-8-12(18)11(17)7-13(14)19/h3-8,22H,2H2,1H3,(H2,20,21,27). The van der Waals surface area contributed by atoms with Crippen LogP contribution < -0.4 is 15.6 Å². The molecule has 0 spiro atoms. The number of hydrazine groups is 1. The van der Waals surface area contributed by atoms with Crippen molar-refractivity contribution in [3.63, 3.8) is 0 Å². The maximum absolute atomic E-state index is 12.4. The molecule has 7 nitrogen and oxygen atoms in total. The number of sulfonamides is 1. The minimum atomic E-state index is -4.07. The van der Waals surface area contributed by atoms with Crippen molar-refractivity contribution in [3.05, 3.63) is 57.0 Å². The predicted octanol–water partition coefficient (Wildman–Crippen LogP) is 4.00. The fourth-order valence-electron chi connectivity index (χ4n) is 1.95.